The van der Waals surface area contributed by atoms with E-state index in [4.69, 9.17) is 4.42 Å². The summed E-state index contributed by atoms with van der Waals surface area (Å²) in [6.45, 7) is 1.80. The number of alkyl halides is 3. The molecule has 0 unspecified atom stereocenters. The zero-order valence-electron chi connectivity index (χ0n) is 14.6. The number of amides is 1. The number of nitrogens with zero attached hydrogens (tertiary/aromatic N) is 3. The van der Waals surface area contributed by atoms with Crippen LogP contribution in [-0.4, -0.2) is 40.0 Å². The Bertz CT molecular complexity index is 973. The molecule has 2 heterocycles. The van der Waals surface area contributed by atoms with Gasteiger partial charge in [-0.1, -0.05) is 36.0 Å². The summed E-state index contributed by atoms with van der Waals surface area (Å²) in [5.41, 5.74) is 0.940. The third kappa shape index (κ3) is 4.72. The summed E-state index contributed by atoms with van der Waals surface area (Å²) in [5, 5.41) is 1.16. The Morgan fingerprint density at radius 1 is 1.21 bits per heavy atom. The van der Waals surface area contributed by atoms with Crippen molar-refractivity contribution in [1.82, 2.24) is 14.9 Å². The second-order valence-corrected chi connectivity index (χ2v) is 6.76. The van der Waals surface area contributed by atoms with Crippen LogP contribution < -0.4 is 0 Å². The van der Waals surface area contributed by atoms with Crippen LogP contribution in [0.5, 0.6) is 0 Å². The maximum atomic E-state index is 12.9. The van der Waals surface area contributed by atoms with Gasteiger partial charge in [0, 0.05) is 35.6 Å². The van der Waals surface area contributed by atoms with Crippen molar-refractivity contribution in [1.29, 1.82) is 0 Å². The molecule has 0 saturated heterocycles. The largest absolute Gasteiger partial charge is 0.451 e. The van der Waals surface area contributed by atoms with Gasteiger partial charge in [-0.05, 0) is 12.1 Å². The van der Waals surface area contributed by atoms with Gasteiger partial charge in [0.2, 0.25) is 0 Å². The summed E-state index contributed by atoms with van der Waals surface area (Å²) in [6.07, 6.45) is -0.107. The Morgan fingerprint density at radius 3 is 2.61 bits per heavy atom. The molecule has 0 N–H and O–H groups in total. The standard InChI is InChI=1S/C19H16F3N3O2S/c1-2-10-25(12-19(20,21)22)17(26)16-14(11-28-18-23-8-5-9-24-18)13-6-3-4-7-15(13)27-16/h2-9H,1,10-12H2. The molecular weight excluding hydrogens is 391 g/mol. The maximum Gasteiger partial charge on any atom is 0.406 e. The smallest absolute Gasteiger partial charge is 0.406 e. The first-order valence-corrected chi connectivity index (χ1v) is 9.25. The van der Waals surface area contributed by atoms with Gasteiger partial charge in [-0.3, -0.25) is 4.79 Å². The van der Waals surface area contributed by atoms with Crippen molar-refractivity contribution in [2.75, 3.05) is 13.1 Å². The molecule has 1 aromatic carbocycles. The van der Waals surface area contributed by atoms with Gasteiger partial charge in [-0.15, -0.1) is 6.58 Å². The second kappa shape index (κ2) is 8.47. The minimum Gasteiger partial charge on any atom is -0.451 e. The number of thioether (sulfide) groups is 1. The van der Waals surface area contributed by atoms with E-state index in [1.807, 2.05) is 0 Å². The number of halogens is 3. The number of para-hydroxylation sites is 1. The molecular formula is C19H16F3N3O2S. The van der Waals surface area contributed by atoms with Crippen LogP contribution >= 0.6 is 11.8 Å². The van der Waals surface area contributed by atoms with Gasteiger partial charge in [-0.25, -0.2) is 9.97 Å². The molecule has 0 spiro atoms. The van der Waals surface area contributed by atoms with E-state index in [1.165, 1.54) is 17.8 Å². The van der Waals surface area contributed by atoms with E-state index in [2.05, 4.69) is 16.5 Å². The minimum atomic E-state index is -4.53. The first kappa shape index (κ1) is 19.9. The van der Waals surface area contributed by atoms with Crippen LogP contribution in [0, 0.1) is 0 Å². The fourth-order valence-electron chi connectivity index (χ4n) is 2.65. The van der Waals surface area contributed by atoms with Gasteiger partial charge in [0.15, 0.2) is 10.9 Å². The minimum absolute atomic E-state index is 0.115. The lowest BCUT2D eigenvalue weighted by Crippen LogP contribution is -2.39. The zero-order chi connectivity index (χ0) is 20.1. The SMILES string of the molecule is C=CCN(CC(F)(F)F)C(=O)c1oc2ccccc2c1CSc1ncccn1. The van der Waals surface area contributed by atoms with Crippen LogP contribution in [0.25, 0.3) is 11.0 Å². The van der Waals surface area contributed by atoms with Crippen molar-refractivity contribution in [3.8, 4) is 0 Å². The Morgan fingerprint density at radius 2 is 1.93 bits per heavy atom. The fourth-order valence-corrected chi connectivity index (χ4v) is 3.48. The molecule has 0 saturated carbocycles. The molecule has 0 aliphatic carbocycles. The van der Waals surface area contributed by atoms with Crippen LogP contribution in [0.15, 0.2) is 65.0 Å². The monoisotopic (exact) mass is 407 g/mol. The van der Waals surface area contributed by atoms with Crippen LogP contribution in [0.1, 0.15) is 16.1 Å². The Labute approximate surface area is 163 Å². The quantitative estimate of drug-likeness (QED) is 0.323. The van der Waals surface area contributed by atoms with Gasteiger partial charge in [0.1, 0.15) is 12.1 Å². The number of benzene rings is 1. The van der Waals surface area contributed by atoms with E-state index in [0.717, 1.165) is 0 Å². The molecule has 2 aromatic heterocycles. The van der Waals surface area contributed by atoms with Gasteiger partial charge in [-0.2, -0.15) is 13.2 Å². The highest BCUT2D eigenvalue weighted by Crippen LogP contribution is 2.32. The van der Waals surface area contributed by atoms with E-state index in [0.29, 0.717) is 26.6 Å². The summed E-state index contributed by atoms with van der Waals surface area (Å²) >= 11 is 1.27. The molecule has 0 fully saturated rings. The van der Waals surface area contributed by atoms with Crippen molar-refractivity contribution in [3.63, 3.8) is 0 Å². The number of fused-ring (bicyclic) bond motifs is 1. The van der Waals surface area contributed by atoms with Gasteiger partial charge in [0.05, 0.1) is 0 Å². The molecule has 0 aliphatic heterocycles. The predicted molar refractivity (Wildman–Crippen MR) is 100.0 cm³/mol. The second-order valence-electron chi connectivity index (χ2n) is 5.82. The first-order valence-electron chi connectivity index (χ1n) is 8.26. The van der Waals surface area contributed by atoms with Crippen molar-refractivity contribution in [2.24, 2.45) is 0 Å². The molecule has 28 heavy (non-hydrogen) atoms. The van der Waals surface area contributed by atoms with Crippen molar-refractivity contribution in [3.05, 3.63) is 66.7 Å². The number of furan rings is 1. The zero-order valence-corrected chi connectivity index (χ0v) is 15.5. The molecule has 1 amide bonds. The third-order valence-corrected chi connectivity index (χ3v) is 4.69. The lowest BCUT2D eigenvalue weighted by molar-refractivity contribution is -0.139. The molecule has 3 aromatic rings. The molecule has 3 rings (SSSR count). The molecule has 9 heteroatoms. The molecule has 5 nitrogen and oxygen atoms in total. The topological polar surface area (TPSA) is 59.2 Å². The number of hydrogen-bond donors (Lipinski definition) is 0. The highest BCUT2D eigenvalue weighted by atomic mass is 32.2. The predicted octanol–water partition coefficient (Wildman–Crippen LogP) is 4.71. The first-order chi connectivity index (χ1) is 13.4. The average molecular weight is 407 g/mol. The van der Waals surface area contributed by atoms with Gasteiger partial charge < -0.3 is 9.32 Å². The number of hydrogen-bond acceptors (Lipinski definition) is 5. The third-order valence-electron chi connectivity index (χ3n) is 3.79. The van der Waals surface area contributed by atoms with E-state index < -0.39 is 18.6 Å². The number of carbonyl (C=O) groups excluding carboxylic acids is 1. The molecule has 146 valence electrons. The highest BCUT2D eigenvalue weighted by molar-refractivity contribution is 7.98. The van der Waals surface area contributed by atoms with Crippen LogP contribution in [0.4, 0.5) is 13.2 Å². The number of rotatable bonds is 7. The van der Waals surface area contributed by atoms with Crippen molar-refractivity contribution < 1.29 is 22.4 Å². The normalized spacial score (nSPS) is 11.5. The number of carbonyl (C=O) groups is 1. The van der Waals surface area contributed by atoms with Crippen LogP contribution in [0.3, 0.4) is 0 Å². The van der Waals surface area contributed by atoms with E-state index in [9.17, 15) is 18.0 Å². The van der Waals surface area contributed by atoms with Crippen molar-refractivity contribution >= 4 is 28.6 Å². The Kier molecular flexibility index (Phi) is 6.03. The molecule has 0 radical (unpaired) electrons. The lowest BCUT2D eigenvalue weighted by Gasteiger charge is -2.21. The summed E-state index contributed by atoms with van der Waals surface area (Å²) in [5.74, 6) is -0.676. The van der Waals surface area contributed by atoms with Crippen LogP contribution in [0.2, 0.25) is 0 Å². The summed E-state index contributed by atoms with van der Waals surface area (Å²) in [4.78, 5) is 21.7. The molecule has 0 bridgehead atoms. The van der Waals surface area contributed by atoms with E-state index in [-0.39, 0.29) is 18.1 Å². The summed E-state index contributed by atoms with van der Waals surface area (Å²) < 4.78 is 44.3. The van der Waals surface area contributed by atoms with Crippen molar-refractivity contribution in [2.45, 2.75) is 17.1 Å². The Balaban J connectivity index is 1.96. The summed E-state index contributed by atoms with van der Waals surface area (Å²) in [7, 11) is 0. The molecule has 0 atom stereocenters. The fraction of sp³-hybridized carbons (Fsp3) is 0.211. The highest BCUT2D eigenvalue weighted by Gasteiger charge is 2.35. The molecule has 0 aliphatic rings. The van der Waals surface area contributed by atoms with Gasteiger partial charge in [0.25, 0.3) is 5.91 Å². The maximum absolute atomic E-state index is 12.9. The van der Waals surface area contributed by atoms with Crippen LogP contribution in [-0.2, 0) is 5.75 Å². The van der Waals surface area contributed by atoms with Gasteiger partial charge >= 0.3 is 6.18 Å². The Hall–Kier alpha value is -2.81. The summed E-state index contributed by atoms with van der Waals surface area (Å²) in [6, 6.07) is 8.61. The lowest BCUT2D eigenvalue weighted by atomic mass is 10.1. The van der Waals surface area contributed by atoms with E-state index in [1.54, 1.807) is 42.7 Å². The average Bonchev–Trinajstić information content (AvgIpc) is 3.04. The van der Waals surface area contributed by atoms with E-state index >= 15 is 0 Å². The number of aromatic nitrogens is 2.